The van der Waals surface area contributed by atoms with Gasteiger partial charge in [0.05, 0.1) is 31.9 Å². The molecule has 0 aliphatic heterocycles. The summed E-state index contributed by atoms with van der Waals surface area (Å²) in [5, 5.41) is 5.64. The summed E-state index contributed by atoms with van der Waals surface area (Å²) in [5.74, 6) is 0.546. The number of hydrogen-bond donors (Lipinski definition) is 2. The minimum Gasteiger partial charge on any atom is -0.493 e. The van der Waals surface area contributed by atoms with Gasteiger partial charge in [0.15, 0.2) is 11.5 Å². The largest absolute Gasteiger partial charge is 0.493 e. The number of methoxy groups -OCH3 is 2. The van der Waals surface area contributed by atoms with E-state index in [4.69, 9.17) is 9.47 Å². The number of anilines is 2. The van der Waals surface area contributed by atoms with Gasteiger partial charge in [-0.2, -0.15) is 0 Å². The first kappa shape index (κ1) is 19.9. The van der Waals surface area contributed by atoms with Gasteiger partial charge in [-0.1, -0.05) is 42.5 Å². The third kappa shape index (κ3) is 5.13. The summed E-state index contributed by atoms with van der Waals surface area (Å²) in [6, 6.07) is 21.4. The van der Waals surface area contributed by atoms with Gasteiger partial charge in [0.1, 0.15) is 0 Å². The van der Waals surface area contributed by atoms with Gasteiger partial charge in [-0.25, -0.2) is 0 Å². The van der Waals surface area contributed by atoms with Crippen molar-refractivity contribution in [2.45, 2.75) is 6.42 Å². The first-order chi connectivity index (χ1) is 14.1. The van der Waals surface area contributed by atoms with Crippen LogP contribution in [0.4, 0.5) is 11.4 Å². The second kappa shape index (κ2) is 9.41. The molecule has 6 heteroatoms. The van der Waals surface area contributed by atoms with E-state index >= 15 is 0 Å². The molecular formula is C23H22N2O4. The molecule has 3 aromatic rings. The number of para-hydroxylation sites is 1. The predicted octanol–water partition coefficient (Wildman–Crippen LogP) is 4.14. The van der Waals surface area contributed by atoms with E-state index in [2.05, 4.69) is 10.6 Å². The molecule has 0 aromatic heterocycles. The molecule has 148 valence electrons. The third-order valence-corrected chi connectivity index (χ3v) is 4.29. The Balaban J connectivity index is 1.74. The minimum atomic E-state index is -0.340. The molecule has 6 nitrogen and oxygen atoms in total. The van der Waals surface area contributed by atoms with Gasteiger partial charge in [0, 0.05) is 11.8 Å². The molecule has 0 spiro atoms. The number of amides is 2. The molecule has 0 unspecified atom stereocenters. The predicted molar refractivity (Wildman–Crippen MR) is 113 cm³/mol. The highest BCUT2D eigenvalue weighted by Gasteiger charge is 2.14. The van der Waals surface area contributed by atoms with E-state index in [1.807, 2.05) is 30.3 Å². The quantitative estimate of drug-likeness (QED) is 0.636. The lowest BCUT2D eigenvalue weighted by Crippen LogP contribution is -2.19. The van der Waals surface area contributed by atoms with E-state index in [1.54, 1.807) is 49.6 Å². The Kier molecular flexibility index (Phi) is 6.47. The van der Waals surface area contributed by atoms with Crippen LogP contribution in [0.15, 0.2) is 72.8 Å². The van der Waals surface area contributed by atoms with Crippen LogP contribution in [0.1, 0.15) is 15.9 Å². The van der Waals surface area contributed by atoms with E-state index in [1.165, 1.54) is 7.11 Å². The second-order valence-corrected chi connectivity index (χ2v) is 6.28. The van der Waals surface area contributed by atoms with E-state index in [-0.39, 0.29) is 18.2 Å². The lowest BCUT2D eigenvalue weighted by molar-refractivity contribution is -0.115. The molecule has 3 rings (SSSR count). The highest BCUT2D eigenvalue weighted by atomic mass is 16.5. The zero-order valence-electron chi connectivity index (χ0n) is 16.3. The number of carbonyl (C=O) groups excluding carboxylic acids is 2. The van der Waals surface area contributed by atoms with Crippen molar-refractivity contribution < 1.29 is 19.1 Å². The Bertz CT molecular complexity index is 1000. The SMILES string of the molecule is COc1ccc(NC(=O)c2ccccc2NC(=O)Cc2ccccc2)cc1OC. The smallest absolute Gasteiger partial charge is 0.257 e. The molecule has 0 bridgehead atoms. The Morgan fingerprint density at radius 1 is 0.793 bits per heavy atom. The van der Waals surface area contributed by atoms with Crippen molar-refractivity contribution in [1.29, 1.82) is 0 Å². The molecule has 0 saturated carbocycles. The fourth-order valence-electron chi connectivity index (χ4n) is 2.88. The summed E-state index contributed by atoms with van der Waals surface area (Å²) in [6.45, 7) is 0. The Morgan fingerprint density at radius 3 is 2.21 bits per heavy atom. The molecule has 29 heavy (non-hydrogen) atoms. The van der Waals surface area contributed by atoms with Gasteiger partial charge >= 0.3 is 0 Å². The highest BCUT2D eigenvalue weighted by Crippen LogP contribution is 2.30. The van der Waals surface area contributed by atoms with Gasteiger partial charge in [0.2, 0.25) is 5.91 Å². The van der Waals surface area contributed by atoms with E-state index in [0.717, 1.165) is 5.56 Å². The van der Waals surface area contributed by atoms with Crippen molar-refractivity contribution in [3.8, 4) is 11.5 Å². The Labute approximate surface area is 169 Å². The normalized spacial score (nSPS) is 10.1. The van der Waals surface area contributed by atoms with Crippen molar-refractivity contribution in [3.05, 3.63) is 83.9 Å². The maximum absolute atomic E-state index is 12.8. The molecule has 2 amide bonds. The van der Waals surface area contributed by atoms with Crippen LogP contribution in [0.2, 0.25) is 0 Å². The first-order valence-corrected chi connectivity index (χ1v) is 9.07. The molecule has 0 aliphatic carbocycles. The monoisotopic (exact) mass is 390 g/mol. The lowest BCUT2D eigenvalue weighted by Gasteiger charge is -2.13. The van der Waals surface area contributed by atoms with Crippen LogP contribution >= 0.6 is 0 Å². The van der Waals surface area contributed by atoms with Gasteiger partial charge in [-0.15, -0.1) is 0 Å². The summed E-state index contributed by atoms with van der Waals surface area (Å²) < 4.78 is 10.5. The number of nitrogens with one attached hydrogen (secondary N) is 2. The van der Waals surface area contributed by atoms with Crippen molar-refractivity contribution in [2.75, 3.05) is 24.9 Å². The number of carbonyl (C=O) groups is 2. The Morgan fingerprint density at radius 2 is 1.48 bits per heavy atom. The van der Waals surface area contributed by atoms with Gasteiger partial charge < -0.3 is 20.1 Å². The molecule has 3 aromatic carbocycles. The van der Waals surface area contributed by atoms with Crippen molar-refractivity contribution in [1.82, 2.24) is 0 Å². The molecule has 0 radical (unpaired) electrons. The zero-order chi connectivity index (χ0) is 20.6. The molecule has 0 aliphatic rings. The summed E-state index contributed by atoms with van der Waals surface area (Å²) in [7, 11) is 3.07. The maximum atomic E-state index is 12.8. The van der Waals surface area contributed by atoms with Crippen LogP contribution in [0.3, 0.4) is 0 Å². The standard InChI is InChI=1S/C23H22N2O4/c1-28-20-13-12-17(15-21(20)29-2)24-23(27)18-10-6-7-11-19(18)25-22(26)14-16-8-4-3-5-9-16/h3-13,15H,14H2,1-2H3,(H,24,27)(H,25,26). The van der Waals surface area contributed by atoms with Gasteiger partial charge in [0.25, 0.3) is 5.91 Å². The molecule has 0 saturated heterocycles. The summed E-state index contributed by atoms with van der Waals surface area (Å²) in [5.41, 5.74) is 2.27. The molecule has 0 fully saturated rings. The van der Waals surface area contributed by atoms with Crippen LogP contribution in [-0.4, -0.2) is 26.0 Å². The van der Waals surface area contributed by atoms with Crippen molar-refractivity contribution >= 4 is 23.2 Å². The van der Waals surface area contributed by atoms with Crippen LogP contribution in [0.5, 0.6) is 11.5 Å². The highest BCUT2D eigenvalue weighted by molar-refractivity contribution is 6.10. The van der Waals surface area contributed by atoms with Gasteiger partial charge in [-0.3, -0.25) is 9.59 Å². The molecule has 0 heterocycles. The lowest BCUT2D eigenvalue weighted by atomic mass is 10.1. The van der Waals surface area contributed by atoms with E-state index < -0.39 is 0 Å². The van der Waals surface area contributed by atoms with Gasteiger partial charge in [-0.05, 0) is 29.8 Å². The van der Waals surface area contributed by atoms with E-state index in [0.29, 0.717) is 28.4 Å². The van der Waals surface area contributed by atoms with Crippen LogP contribution < -0.4 is 20.1 Å². The number of ether oxygens (including phenoxy) is 2. The fourth-order valence-corrected chi connectivity index (χ4v) is 2.88. The average molecular weight is 390 g/mol. The number of hydrogen-bond acceptors (Lipinski definition) is 4. The van der Waals surface area contributed by atoms with Crippen LogP contribution in [0, 0.1) is 0 Å². The first-order valence-electron chi connectivity index (χ1n) is 9.07. The summed E-state index contributed by atoms with van der Waals surface area (Å²) in [4.78, 5) is 25.2. The minimum absolute atomic E-state index is 0.192. The van der Waals surface area contributed by atoms with E-state index in [9.17, 15) is 9.59 Å². The van der Waals surface area contributed by atoms with Crippen molar-refractivity contribution in [3.63, 3.8) is 0 Å². The molecular weight excluding hydrogens is 368 g/mol. The topological polar surface area (TPSA) is 76.7 Å². The maximum Gasteiger partial charge on any atom is 0.257 e. The molecule has 0 atom stereocenters. The number of rotatable bonds is 7. The number of benzene rings is 3. The summed E-state index contributed by atoms with van der Waals surface area (Å²) >= 11 is 0. The van der Waals surface area contributed by atoms with Crippen LogP contribution in [0.25, 0.3) is 0 Å². The molecule has 2 N–H and O–H groups in total. The Hall–Kier alpha value is -3.80. The van der Waals surface area contributed by atoms with Crippen LogP contribution in [-0.2, 0) is 11.2 Å². The van der Waals surface area contributed by atoms with Crippen molar-refractivity contribution in [2.24, 2.45) is 0 Å². The zero-order valence-corrected chi connectivity index (χ0v) is 16.3. The average Bonchev–Trinajstić information content (AvgIpc) is 2.74. The second-order valence-electron chi connectivity index (χ2n) is 6.28. The fraction of sp³-hybridized carbons (Fsp3) is 0.130. The third-order valence-electron chi connectivity index (χ3n) is 4.29. The summed E-state index contributed by atoms with van der Waals surface area (Å²) in [6.07, 6.45) is 0.229.